The minimum absolute atomic E-state index is 0.0310. The molecule has 0 spiro atoms. The molecule has 1 aliphatic rings. The number of hydrogen-bond donors (Lipinski definition) is 1. The summed E-state index contributed by atoms with van der Waals surface area (Å²) in [6.07, 6.45) is 0.811. The fourth-order valence-corrected chi connectivity index (χ4v) is 3.47. The van der Waals surface area contributed by atoms with E-state index >= 15 is 0 Å². The van der Waals surface area contributed by atoms with Crippen LogP contribution in [0, 0.1) is 13.8 Å². The first kappa shape index (κ1) is 16.9. The maximum absolute atomic E-state index is 6.18. The molecular weight excluding hydrogens is 330 g/mol. The Hall–Kier alpha value is -2.51. The molecule has 1 aliphatic heterocycles. The maximum atomic E-state index is 6.18. The Bertz CT molecular complexity index is 939. The summed E-state index contributed by atoms with van der Waals surface area (Å²) in [5.41, 5.74) is 9.14. The van der Waals surface area contributed by atoms with Gasteiger partial charge in [0.05, 0.1) is 17.2 Å². The van der Waals surface area contributed by atoms with E-state index in [9.17, 15) is 0 Å². The van der Waals surface area contributed by atoms with Crippen molar-refractivity contribution in [1.29, 1.82) is 0 Å². The van der Waals surface area contributed by atoms with Crippen molar-refractivity contribution < 1.29 is 9.26 Å². The third kappa shape index (κ3) is 3.04. The van der Waals surface area contributed by atoms with E-state index < -0.39 is 0 Å². The molecular formula is C19H23N5O2. The fourth-order valence-electron chi connectivity index (χ4n) is 3.47. The number of nitrogens with two attached hydrogens (primary N) is 1. The van der Waals surface area contributed by atoms with Crippen LogP contribution in [0.2, 0.25) is 0 Å². The van der Waals surface area contributed by atoms with Gasteiger partial charge in [0.1, 0.15) is 5.82 Å². The number of anilines is 1. The van der Waals surface area contributed by atoms with E-state index in [4.69, 9.17) is 20.0 Å². The summed E-state index contributed by atoms with van der Waals surface area (Å²) in [5.74, 6) is 1.92. The normalized spacial score (nSPS) is 20.7. The summed E-state index contributed by atoms with van der Waals surface area (Å²) < 4.78 is 11.0. The molecule has 4 rings (SSSR count). The highest BCUT2D eigenvalue weighted by Crippen LogP contribution is 2.33. The van der Waals surface area contributed by atoms with Gasteiger partial charge in [0, 0.05) is 31.6 Å². The molecule has 0 bridgehead atoms. The molecule has 1 aromatic carbocycles. The molecule has 3 heterocycles. The van der Waals surface area contributed by atoms with Crippen LogP contribution in [0.15, 0.2) is 28.8 Å². The third-order valence-corrected chi connectivity index (χ3v) is 4.92. The van der Waals surface area contributed by atoms with E-state index in [-0.39, 0.29) is 12.1 Å². The molecule has 0 saturated carbocycles. The van der Waals surface area contributed by atoms with Gasteiger partial charge >= 0.3 is 0 Å². The Morgan fingerprint density at radius 1 is 1.23 bits per heavy atom. The molecule has 0 radical (unpaired) electrons. The first-order valence-corrected chi connectivity index (χ1v) is 8.80. The highest BCUT2D eigenvalue weighted by Gasteiger charge is 2.29. The van der Waals surface area contributed by atoms with Crippen molar-refractivity contribution in [3.05, 3.63) is 35.7 Å². The van der Waals surface area contributed by atoms with Crippen LogP contribution >= 0.6 is 0 Å². The lowest BCUT2D eigenvalue weighted by molar-refractivity contribution is 0.0728. The number of pyridine rings is 1. The number of piperidine rings is 1. The molecule has 2 unspecified atom stereocenters. The lowest BCUT2D eigenvalue weighted by Crippen LogP contribution is -2.51. The van der Waals surface area contributed by atoms with Crippen LogP contribution in [-0.4, -0.2) is 47.5 Å². The number of aryl methyl sites for hydroxylation is 2. The van der Waals surface area contributed by atoms with Crippen LogP contribution in [0.4, 0.5) is 5.82 Å². The van der Waals surface area contributed by atoms with E-state index in [0.717, 1.165) is 35.2 Å². The van der Waals surface area contributed by atoms with Crippen molar-refractivity contribution in [2.24, 2.45) is 5.73 Å². The molecule has 2 atom stereocenters. The van der Waals surface area contributed by atoms with Gasteiger partial charge in [-0.3, -0.25) is 0 Å². The number of methoxy groups -OCH3 is 1. The van der Waals surface area contributed by atoms with Crippen LogP contribution in [0.3, 0.4) is 0 Å². The van der Waals surface area contributed by atoms with Gasteiger partial charge in [-0.2, -0.15) is 4.98 Å². The first-order chi connectivity index (χ1) is 12.5. The van der Waals surface area contributed by atoms with Crippen LogP contribution < -0.4 is 10.6 Å². The predicted octanol–water partition coefficient (Wildman–Crippen LogP) is 2.45. The third-order valence-electron chi connectivity index (χ3n) is 4.92. The van der Waals surface area contributed by atoms with E-state index in [0.29, 0.717) is 18.3 Å². The second-order valence-corrected chi connectivity index (χ2v) is 6.88. The molecule has 2 N–H and O–H groups in total. The highest BCUT2D eigenvalue weighted by molar-refractivity contribution is 5.88. The van der Waals surface area contributed by atoms with Crippen molar-refractivity contribution in [1.82, 2.24) is 15.1 Å². The van der Waals surface area contributed by atoms with Gasteiger partial charge < -0.3 is 19.9 Å². The molecule has 1 saturated heterocycles. The van der Waals surface area contributed by atoms with Crippen LogP contribution in [0.25, 0.3) is 22.4 Å². The number of nitrogens with zero attached hydrogens (tertiary/aromatic N) is 4. The fraction of sp³-hybridized carbons (Fsp3) is 0.421. The zero-order valence-electron chi connectivity index (χ0n) is 15.3. The summed E-state index contributed by atoms with van der Waals surface area (Å²) in [6, 6.07) is 8.34. The topological polar surface area (TPSA) is 90.3 Å². The van der Waals surface area contributed by atoms with Gasteiger partial charge in [-0.05, 0) is 38.5 Å². The largest absolute Gasteiger partial charge is 0.378 e. The molecule has 7 heteroatoms. The molecule has 3 aromatic rings. The van der Waals surface area contributed by atoms with Crippen molar-refractivity contribution >= 4 is 16.7 Å². The van der Waals surface area contributed by atoms with Crippen molar-refractivity contribution in [2.75, 3.05) is 25.1 Å². The quantitative estimate of drug-likeness (QED) is 0.773. The molecule has 136 valence electrons. The van der Waals surface area contributed by atoms with Gasteiger partial charge in [0.25, 0.3) is 5.89 Å². The number of fused-ring (bicyclic) bond motifs is 1. The molecule has 7 nitrogen and oxygen atoms in total. The summed E-state index contributed by atoms with van der Waals surface area (Å²) in [5, 5.41) is 5.00. The molecule has 0 aliphatic carbocycles. The standard InChI is InChI=1S/C19H23N5O2/c1-11-4-5-16-13(8-11)9-14(19-21-12(2)23-26-19)18(22-16)24-7-6-15(20)17(10-24)25-3/h4-5,8-9,15,17H,6-7,10,20H2,1-3H3. The summed E-state index contributed by atoms with van der Waals surface area (Å²) in [7, 11) is 1.70. The lowest BCUT2D eigenvalue weighted by Gasteiger charge is -2.37. The lowest BCUT2D eigenvalue weighted by atomic mass is 10.0. The maximum Gasteiger partial charge on any atom is 0.261 e. The smallest absolute Gasteiger partial charge is 0.261 e. The van der Waals surface area contributed by atoms with E-state index in [1.165, 1.54) is 5.56 Å². The second-order valence-electron chi connectivity index (χ2n) is 6.88. The molecule has 0 amide bonds. The van der Waals surface area contributed by atoms with Gasteiger partial charge in [-0.25, -0.2) is 4.98 Å². The van der Waals surface area contributed by atoms with E-state index in [1.807, 2.05) is 13.0 Å². The Morgan fingerprint density at radius 3 is 2.81 bits per heavy atom. The zero-order chi connectivity index (χ0) is 18.3. The average molecular weight is 353 g/mol. The number of benzene rings is 1. The molecule has 2 aromatic heterocycles. The minimum atomic E-state index is -0.0310. The average Bonchev–Trinajstić information content (AvgIpc) is 3.07. The minimum Gasteiger partial charge on any atom is -0.378 e. The monoisotopic (exact) mass is 353 g/mol. The summed E-state index contributed by atoms with van der Waals surface area (Å²) >= 11 is 0. The molecule has 26 heavy (non-hydrogen) atoms. The number of rotatable bonds is 3. The SMILES string of the molecule is COC1CN(c2nc3ccc(C)cc3cc2-c2nc(C)no2)CCC1N. The predicted molar refractivity (Wildman–Crippen MR) is 100 cm³/mol. The van der Waals surface area contributed by atoms with Crippen molar-refractivity contribution in [3.8, 4) is 11.5 Å². The number of hydrogen-bond acceptors (Lipinski definition) is 7. The van der Waals surface area contributed by atoms with Crippen molar-refractivity contribution in [3.63, 3.8) is 0 Å². The number of ether oxygens (including phenoxy) is 1. The Kier molecular flexibility index (Phi) is 4.34. The summed E-state index contributed by atoms with van der Waals surface area (Å²) in [4.78, 5) is 11.5. The first-order valence-electron chi connectivity index (χ1n) is 8.80. The Labute approximate surface area is 152 Å². The Morgan fingerprint density at radius 2 is 2.08 bits per heavy atom. The second kappa shape index (κ2) is 6.66. The highest BCUT2D eigenvalue weighted by atomic mass is 16.5. The van der Waals surface area contributed by atoms with Crippen LogP contribution in [0.1, 0.15) is 17.8 Å². The van der Waals surface area contributed by atoms with Gasteiger partial charge in [0.2, 0.25) is 0 Å². The molecule has 1 fully saturated rings. The van der Waals surface area contributed by atoms with Gasteiger partial charge in [-0.15, -0.1) is 0 Å². The van der Waals surface area contributed by atoms with Crippen LogP contribution in [-0.2, 0) is 4.74 Å². The van der Waals surface area contributed by atoms with E-state index in [2.05, 4.69) is 40.2 Å². The van der Waals surface area contributed by atoms with Crippen molar-refractivity contribution in [2.45, 2.75) is 32.4 Å². The van der Waals surface area contributed by atoms with Crippen LogP contribution in [0.5, 0.6) is 0 Å². The Balaban J connectivity index is 1.85. The number of aromatic nitrogens is 3. The summed E-state index contributed by atoms with van der Waals surface area (Å²) in [6.45, 7) is 5.37. The van der Waals surface area contributed by atoms with Gasteiger partial charge in [0.15, 0.2) is 5.82 Å². The van der Waals surface area contributed by atoms with E-state index in [1.54, 1.807) is 7.11 Å². The van der Waals surface area contributed by atoms with Gasteiger partial charge in [-0.1, -0.05) is 16.8 Å². The zero-order valence-corrected chi connectivity index (χ0v) is 15.3.